The molecule has 0 aliphatic carbocycles. The monoisotopic (exact) mass is 545 g/mol. The molecule has 7 aromatic rings. The summed E-state index contributed by atoms with van der Waals surface area (Å²) in [5.41, 5.74) is 8.68. The Kier molecular flexibility index (Phi) is 6.28. The minimum atomic E-state index is -0.0454. The number of fused-ring (bicyclic) bond motifs is 1. The van der Waals surface area contributed by atoms with Crippen LogP contribution in [-0.2, 0) is 14.1 Å². The molecule has 0 aliphatic heterocycles. The SMILES string of the molecule is Cn1c(=O)n(C)c2c(-c3ccc(-c4nc(-c5ccccc5)nc(-c5ccccc5-c5ccccc5)n4)cc3)cccc21. The summed E-state index contributed by atoms with van der Waals surface area (Å²) in [5, 5.41) is 0. The van der Waals surface area contributed by atoms with Crippen molar-refractivity contribution in [1.82, 2.24) is 24.1 Å². The number of imidazole rings is 1. The highest BCUT2D eigenvalue weighted by Crippen LogP contribution is 2.33. The van der Waals surface area contributed by atoms with Crippen molar-refractivity contribution < 1.29 is 0 Å². The summed E-state index contributed by atoms with van der Waals surface area (Å²) < 4.78 is 3.38. The van der Waals surface area contributed by atoms with Crippen LogP contribution in [0.3, 0.4) is 0 Å². The number of nitrogens with zero attached hydrogens (tertiary/aromatic N) is 5. The van der Waals surface area contributed by atoms with E-state index < -0.39 is 0 Å². The van der Waals surface area contributed by atoms with E-state index in [4.69, 9.17) is 15.0 Å². The topological polar surface area (TPSA) is 65.6 Å². The first-order chi connectivity index (χ1) is 20.6. The third-order valence-corrected chi connectivity index (χ3v) is 7.66. The lowest BCUT2D eigenvalue weighted by atomic mass is 9.99. The van der Waals surface area contributed by atoms with E-state index in [1.54, 1.807) is 16.2 Å². The first-order valence-electron chi connectivity index (χ1n) is 13.8. The van der Waals surface area contributed by atoms with E-state index in [9.17, 15) is 4.79 Å². The van der Waals surface area contributed by atoms with E-state index in [1.165, 1.54) is 0 Å². The van der Waals surface area contributed by atoms with Crippen LogP contribution in [0.5, 0.6) is 0 Å². The van der Waals surface area contributed by atoms with Crippen molar-refractivity contribution in [3.63, 3.8) is 0 Å². The normalized spacial score (nSPS) is 11.2. The number of hydrogen-bond acceptors (Lipinski definition) is 4. The molecule has 0 fully saturated rings. The summed E-state index contributed by atoms with van der Waals surface area (Å²) in [6.07, 6.45) is 0. The fourth-order valence-electron chi connectivity index (χ4n) is 5.50. The second-order valence-corrected chi connectivity index (χ2v) is 10.2. The van der Waals surface area contributed by atoms with Gasteiger partial charge in [-0.3, -0.25) is 9.13 Å². The third-order valence-electron chi connectivity index (χ3n) is 7.66. The zero-order valence-corrected chi connectivity index (χ0v) is 23.3. The Morgan fingerprint density at radius 3 is 1.57 bits per heavy atom. The number of benzene rings is 5. The van der Waals surface area contributed by atoms with Gasteiger partial charge in [0.2, 0.25) is 0 Å². The van der Waals surface area contributed by atoms with E-state index >= 15 is 0 Å². The van der Waals surface area contributed by atoms with Crippen LogP contribution in [0.15, 0.2) is 132 Å². The minimum Gasteiger partial charge on any atom is -0.295 e. The molecule has 0 amide bonds. The molecule has 0 atom stereocenters. The maximum absolute atomic E-state index is 12.6. The Balaban J connectivity index is 1.37. The van der Waals surface area contributed by atoms with Gasteiger partial charge in [0, 0.05) is 36.3 Å². The van der Waals surface area contributed by atoms with Gasteiger partial charge in [-0.25, -0.2) is 19.7 Å². The highest BCUT2D eigenvalue weighted by molar-refractivity contribution is 5.93. The van der Waals surface area contributed by atoms with Gasteiger partial charge in [-0.15, -0.1) is 0 Å². The summed E-state index contributed by atoms with van der Waals surface area (Å²) in [6.45, 7) is 0. The molecule has 6 heteroatoms. The first-order valence-corrected chi connectivity index (χ1v) is 13.8. The molecule has 202 valence electrons. The molecule has 0 bridgehead atoms. The Hall–Kier alpha value is -5.62. The largest absolute Gasteiger partial charge is 0.328 e. The Bertz CT molecular complexity index is 2110. The highest BCUT2D eigenvalue weighted by atomic mass is 16.1. The molecule has 0 saturated heterocycles. The molecular formula is C36H27N5O. The molecule has 5 aromatic carbocycles. The van der Waals surface area contributed by atoms with Gasteiger partial charge in [-0.1, -0.05) is 121 Å². The smallest absolute Gasteiger partial charge is 0.295 e. The molecule has 6 nitrogen and oxygen atoms in total. The molecule has 7 rings (SSSR count). The van der Waals surface area contributed by atoms with Crippen LogP contribution in [0, 0.1) is 0 Å². The van der Waals surface area contributed by atoms with Crippen molar-refractivity contribution in [3.05, 3.63) is 138 Å². The fraction of sp³-hybridized carbons (Fsp3) is 0.0556. The van der Waals surface area contributed by atoms with Gasteiger partial charge in [0.05, 0.1) is 11.0 Å². The lowest BCUT2D eigenvalue weighted by Gasteiger charge is -2.12. The van der Waals surface area contributed by atoms with E-state index in [-0.39, 0.29) is 5.69 Å². The van der Waals surface area contributed by atoms with Gasteiger partial charge in [0.25, 0.3) is 0 Å². The van der Waals surface area contributed by atoms with Crippen molar-refractivity contribution in [2.24, 2.45) is 14.1 Å². The van der Waals surface area contributed by atoms with Crippen LogP contribution in [0.4, 0.5) is 0 Å². The van der Waals surface area contributed by atoms with Crippen LogP contribution in [0.25, 0.3) is 67.5 Å². The Labute approximate surface area is 243 Å². The maximum Gasteiger partial charge on any atom is 0.328 e. The summed E-state index contributed by atoms with van der Waals surface area (Å²) in [5.74, 6) is 1.83. The second kappa shape index (κ2) is 10.4. The standard InChI is InChI=1S/C36H27N5O/c1-40-31-19-11-18-29(32(31)41(2)36(40)42)25-20-22-27(23-21-25)34-37-33(26-14-7-4-8-15-26)38-35(39-34)30-17-10-9-16-28(30)24-12-5-3-6-13-24/h3-23H,1-2H3. The highest BCUT2D eigenvalue weighted by Gasteiger charge is 2.17. The van der Waals surface area contributed by atoms with E-state index in [1.807, 2.05) is 98.0 Å². The van der Waals surface area contributed by atoms with E-state index in [2.05, 4.69) is 36.4 Å². The molecule has 2 heterocycles. The summed E-state index contributed by atoms with van der Waals surface area (Å²) in [7, 11) is 3.61. The second-order valence-electron chi connectivity index (χ2n) is 10.2. The van der Waals surface area contributed by atoms with Crippen molar-refractivity contribution in [1.29, 1.82) is 0 Å². The van der Waals surface area contributed by atoms with Crippen LogP contribution >= 0.6 is 0 Å². The molecule has 42 heavy (non-hydrogen) atoms. The molecule has 2 aromatic heterocycles. The quantitative estimate of drug-likeness (QED) is 0.226. The average molecular weight is 546 g/mol. The predicted molar refractivity (Wildman–Crippen MR) is 169 cm³/mol. The van der Waals surface area contributed by atoms with Crippen molar-refractivity contribution >= 4 is 11.0 Å². The van der Waals surface area contributed by atoms with E-state index in [0.29, 0.717) is 17.5 Å². The van der Waals surface area contributed by atoms with Gasteiger partial charge in [-0.05, 0) is 22.8 Å². The predicted octanol–water partition coefficient (Wildman–Crippen LogP) is 7.40. The van der Waals surface area contributed by atoms with Gasteiger partial charge in [-0.2, -0.15) is 0 Å². The van der Waals surface area contributed by atoms with Gasteiger partial charge >= 0.3 is 5.69 Å². The lowest BCUT2D eigenvalue weighted by Crippen LogP contribution is -2.19. The van der Waals surface area contributed by atoms with Crippen LogP contribution in [-0.4, -0.2) is 24.1 Å². The average Bonchev–Trinajstić information content (AvgIpc) is 3.29. The summed E-state index contributed by atoms with van der Waals surface area (Å²) >= 11 is 0. The summed E-state index contributed by atoms with van der Waals surface area (Å²) in [4.78, 5) is 27.5. The van der Waals surface area contributed by atoms with E-state index in [0.717, 1.165) is 50.0 Å². The molecule has 0 spiro atoms. The molecule has 0 saturated carbocycles. The first kappa shape index (κ1) is 25.4. The third kappa shape index (κ3) is 4.39. The Morgan fingerprint density at radius 1 is 0.429 bits per heavy atom. The van der Waals surface area contributed by atoms with Crippen molar-refractivity contribution in [3.8, 4) is 56.4 Å². The molecule has 0 aliphatic rings. The molecule has 0 unspecified atom stereocenters. The van der Waals surface area contributed by atoms with Crippen LogP contribution in [0.1, 0.15) is 0 Å². The number of aryl methyl sites for hydroxylation is 2. The molecule has 0 N–H and O–H groups in total. The summed E-state index contributed by atoms with van der Waals surface area (Å²) in [6, 6.07) is 42.7. The number of para-hydroxylation sites is 1. The zero-order valence-electron chi connectivity index (χ0n) is 23.3. The number of rotatable bonds is 5. The van der Waals surface area contributed by atoms with Gasteiger partial charge in [0.1, 0.15) is 0 Å². The molecular weight excluding hydrogens is 518 g/mol. The van der Waals surface area contributed by atoms with Crippen molar-refractivity contribution in [2.45, 2.75) is 0 Å². The van der Waals surface area contributed by atoms with Crippen LogP contribution < -0.4 is 5.69 Å². The maximum atomic E-state index is 12.6. The number of hydrogen-bond donors (Lipinski definition) is 0. The zero-order chi connectivity index (χ0) is 28.6. The van der Waals surface area contributed by atoms with Crippen LogP contribution in [0.2, 0.25) is 0 Å². The lowest BCUT2D eigenvalue weighted by molar-refractivity contribution is 0.795. The number of aromatic nitrogens is 5. The molecule has 0 radical (unpaired) electrons. The minimum absolute atomic E-state index is 0.0454. The Morgan fingerprint density at radius 2 is 0.905 bits per heavy atom. The van der Waals surface area contributed by atoms with Gasteiger partial charge < -0.3 is 0 Å². The van der Waals surface area contributed by atoms with Gasteiger partial charge in [0.15, 0.2) is 17.5 Å². The van der Waals surface area contributed by atoms with Crippen molar-refractivity contribution in [2.75, 3.05) is 0 Å². The fourth-order valence-corrected chi connectivity index (χ4v) is 5.50.